The van der Waals surface area contributed by atoms with E-state index in [1.807, 2.05) is 0 Å². The molecule has 5 heteroatoms. The van der Waals surface area contributed by atoms with Crippen LogP contribution in [0.2, 0.25) is 0 Å². The van der Waals surface area contributed by atoms with Crippen molar-refractivity contribution in [2.75, 3.05) is 14.2 Å². The van der Waals surface area contributed by atoms with Crippen molar-refractivity contribution < 1.29 is 14.6 Å². The molecule has 90 valence electrons. The van der Waals surface area contributed by atoms with Gasteiger partial charge in [-0.2, -0.15) is 0 Å². The minimum Gasteiger partial charge on any atom is -0.497 e. The standard InChI is InChI=1S/C12H14N2O3/c1-16-8-3-4-10(17-2)9(7-8)11(15)12-13-5-6-14-12/h3-7,11,15H,1-2H3,(H,13,14). The number of aromatic amines is 1. The minimum absolute atomic E-state index is 0.469. The van der Waals surface area contributed by atoms with Crippen LogP contribution in [-0.2, 0) is 0 Å². The van der Waals surface area contributed by atoms with Crippen LogP contribution >= 0.6 is 0 Å². The summed E-state index contributed by atoms with van der Waals surface area (Å²) in [6, 6.07) is 5.25. The third-order valence-electron chi connectivity index (χ3n) is 2.51. The maximum absolute atomic E-state index is 10.2. The molecule has 0 aliphatic carbocycles. The fraction of sp³-hybridized carbons (Fsp3) is 0.250. The number of hydrogen-bond acceptors (Lipinski definition) is 4. The van der Waals surface area contributed by atoms with Crippen LogP contribution in [0.1, 0.15) is 17.5 Å². The van der Waals surface area contributed by atoms with E-state index in [0.29, 0.717) is 22.9 Å². The van der Waals surface area contributed by atoms with Gasteiger partial charge in [0.1, 0.15) is 23.4 Å². The van der Waals surface area contributed by atoms with E-state index >= 15 is 0 Å². The summed E-state index contributed by atoms with van der Waals surface area (Å²) in [4.78, 5) is 6.89. The fourth-order valence-electron chi connectivity index (χ4n) is 1.63. The summed E-state index contributed by atoms with van der Waals surface area (Å²) in [5.74, 6) is 1.72. The summed E-state index contributed by atoms with van der Waals surface area (Å²) < 4.78 is 10.3. The summed E-state index contributed by atoms with van der Waals surface area (Å²) >= 11 is 0. The summed E-state index contributed by atoms with van der Waals surface area (Å²) in [6.07, 6.45) is 2.38. The Hall–Kier alpha value is -2.01. The number of imidazole rings is 1. The lowest BCUT2D eigenvalue weighted by molar-refractivity contribution is 0.205. The summed E-state index contributed by atoms with van der Waals surface area (Å²) in [6.45, 7) is 0. The number of hydrogen-bond donors (Lipinski definition) is 2. The Bertz CT molecular complexity index is 483. The van der Waals surface area contributed by atoms with Crippen molar-refractivity contribution in [1.29, 1.82) is 0 Å². The third kappa shape index (κ3) is 2.24. The van der Waals surface area contributed by atoms with Crippen LogP contribution in [0, 0.1) is 0 Å². The number of rotatable bonds is 4. The highest BCUT2D eigenvalue weighted by Gasteiger charge is 2.18. The van der Waals surface area contributed by atoms with Crippen molar-refractivity contribution in [3.63, 3.8) is 0 Å². The van der Waals surface area contributed by atoms with Crippen molar-refractivity contribution in [2.24, 2.45) is 0 Å². The zero-order chi connectivity index (χ0) is 12.3. The first-order chi connectivity index (χ1) is 8.26. The summed E-state index contributed by atoms with van der Waals surface area (Å²) in [7, 11) is 3.13. The molecule has 2 aromatic rings. The van der Waals surface area contributed by atoms with Crippen LogP contribution in [0.15, 0.2) is 30.6 Å². The number of benzene rings is 1. The molecule has 1 atom stereocenters. The molecule has 17 heavy (non-hydrogen) atoms. The van der Waals surface area contributed by atoms with E-state index in [9.17, 15) is 5.11 Å². The topological polar surface area (TPSA) is 67.4 Å². The van der Waals surface area contributed by atoms with E-state index in [-0.39, 0.29) is 0 Å². The highest BCUT2D eigenvalue weighted by Crippen LogP contribution is 2.31. The smallest absolute Gasteiger partial charge is 0.140 e. The number of nitrogens with one attached hydrogen (secondary N) is 1. The van der Waals surface area contributed by atoms with Gasteiger partial charge in [-0.15, -0.1) is 0 Å². The molecular formula is C12H14N2O3. The Labute approximate surface area is 99.0 Å². The molecule has 0 saturated carbocycles. The molecule has 0 radical (unpaired) electrons. The van der Waals surface area contributed by atoms with Crippen LogP contribution in [0.5, 0.6) is 11.5 Å². The van der Waals surface area contributed by atoms with E-state index in [2.05, 4.69) is 9.97 Å². The Morgan fingerprint density at radius 2 is 2.12 bits per heavy atom. The molecule has 2 N–H and O–H groups in total. The number of ether oxygens (including phenoxy) is 2. The quantitative estimate of drug-likeness (QED) is 0.841. The fourth-order valence-corrected chi connectivity index (χ4v) is 1.63. The summed E-state index contributed by atoms with van der Waals surface area (Å²) in [5.41, 5.74) is 0.613. The van der Waals surface area contributed by atoms with Gasteiger partial charge in [-0.3, -0.25) is 0 Å². The average molecular weight is 234 g/mol. The zero-order valence-corrected chi connectivity index (χ0v) is 9.68. The van der Waals surface area contributed by atoms with Gasteiger partial charge >= 0.3 is 0 Å². The molecule has 0 saturated heterocycles. The van der Waals surface area contributed by atoms with Gasteiger partial charge in [0.15, 0.2) is 0 Å². The maximum Gasteiger partial charge on any atom is 0.140 e. The number of aromatic nitrogens is 2. The van der Waals surface area contributed by atoms with E-state index in [1.54, 1.807) is 44.8 Å². The molecule has 1 unspecified atom stereocenters. The number of methoxy groups -OCH3 is 2. The molecule has 0 aliphatic heterocycles. The van der Waals surface area contributed by atoms with Gasteiger partial charge in [0.25, 0.3) is 0 Å². The van der Waals surface area contributed by atoms with Crippen LogP contribution in [0.3, 0.4) is 0 Å². The Morgan fingerprint density at radius 3 is 2.71 bits per heavy atom. The third-order valence-corrected chi connectivity index (χ3v) is 2.51. The molecule has 1 heterocycles. The number of aliphatic hydroxyl groups excluding tert-OH is 1. The first-order valence-electron chi connectivity index (χ1n) is 5.15. The number of H-pyrrole nitrogens is 1. The molecule has 0 fully saturated rings. The molecular weight excluding hydrogens is 220 g/mol. The lowest BCUT2D eigenvalue weighted by atomic mass is 10.1. The van der Waals surface area contributed by atoms with Crippen LogP contribution in [0.25, 0.3) is 0 Å². The van der Waals surface area contributed by atoms with Crippen LogP contribution < -0.4 is 9.47 Å². The highest BCUT2D eigenvalue weighted by atomic mass is 16.5. The predicted octanol–water partition coefficient (Wildman–Crippen LogP) is 1.51. The molecule has 1 aromatic carbocycles. The lowest BCUT2D eigenvalue weighted by Gasteiger charge is -2.14. The Morgan fingerprint density at radius 1 is 1.29 bits per heavy atom. The second-order valence-electron chi connectivity index (χ2n) is 3.48. The molecule has 0 aliphatic rings. The Balaban J connectivity index is 2.41. The van der Waals surface area contributed by atoms with Gasteiger partial charge in [0.05, 0.1) is 14.2 Å². The molecule has 5 nitrogen and oxygen atoms in total. The predicted molar refractivity (Wildman–Crippen MR) is 62.2 cm³/mol. The monoisotopic (exact) mass is 234 g/mol. The normalized spacial score (nSPS) is 12.2. The highest BCUT2D eigenvalue weighted by molar-refractivity contribution is 5.43. The number of aliphatic hydroxyl groups is 1. The van der Waals surface area contributed by atoms with Gasteiger partial charge in [0.2, 0.25) is 0 Å². The van der Waals surface area contributed by atoms with Crippen molar-refractivity contribution in [1.82, 2.24) is 9.97 Å². The molecule has 0 amide bonds. The maximum atomic E-state index is 10.2. The van der Waals surface area contributed by atoms with Crippen LogP contribution in [0.4, 0.5) is 0 Å². The molecule has 1 aromatic heterocycles. The lowest BCUT2D eigenvalue weighted by Crippen LogP contribution is -2.04. The van der Waals surface area contributed by atoms with Crippen molar-refractivity contribution >= 4 is 0 Å². The number of nitrogens with zero attached hydrogens (tertiary/aromatic N) is 1. The van der Waals surface area contributed by atoms with Gasteiger partial charge in [-0.05, 0) is 18.2 Å². The van der Waals surface area contributed by atoms with Crippen molar-refractivity contribution in [2.45, 2.75) is 6.10 Å². The molecule has 0 bridgehead atoms. The first kappa shape index (κ1) is 11.5. The van der Waals surface area contributed by atoms with Crippen molar-refractivity contribution in [3.8, 4) is 11.5 Å². The Kier molecular flexibility index (Phi) is 3.30. The van der Waals surface area contributed by atoms with Crippen LogP contribution in [-0.4, -0.2) is 29.3 Å². The SMILES string of the molecule is COc1ccc(OC)c(C(O)c2ncc[nH]2)c1. The molecule has 0 spiro atoms. The van der Waals surface area contributed by atoms with E-state index in [1.165, 1.54) is 0 Å². The minimum atomic E-state index is -0.866. The van der Waals surface area contributed by atoms with E-state index < -0.39 is 6.10 Å². The largest absolute Gasteiger partial charge is 0.497 e. The zero-order valence-electron chi connectivity index (χ0n) is 9.68. The van der Waals surface area contributed by atoms with Gasteiger partial charge in [-0.25, -0.2) is 4.98 Å². The van der Waals surface area contributed by atoms with Crippen molar-refractivity contribution in [3.05, 3.63) is 42.0 Å². The average Bonchev–Trinajstić information content (AvgIpc) is 2.91. The molecule has 2 rings (SSSR count). The van der Waals surface area contributed by atoms with E-state index in [4.69, 9.17) is 9.47 Å². The summed E-state index contributed by atoms with van der Waals surface area (Å²) in [5, 5.41) is 10.2. The van der Waals surface area contributed by atoms with Gasteiger partial charge in [0, 0.05) is 18.0 Å². The van der Waals surface area contributed by atoms with E-state index in [0.717, 1.165) is 0 Å². The first-order valence-corrected chi connectivity index (χ1v) is 5.15. The second-order valence-corrected chi connectivity index (χ2v) is 3.48. The van der Waals surface area contributed by atoms with Gasteiger partial charge in [-0.1, -0.05) is 0 Å². The van der Waals surface area contributed by atoms with Gasteiger partial charge < -0.3 is 19.6 Å². The second kappa shape index (κ2) is 4.88.